The van der Waals surface area contributed by atoms with Crippen LogP contribution in [0.4, 0.5) is 0 Å². The molecule has 0 N–H and O–H groups in total. The highest BCUT2D eigenvalue weighted by atomic mass is 16.5. The van der Waals surface area contributed by atoms with E-state index in [-0.39, 0.29) is 11.8 Å². The van der Waals surface area contributed by atoms with E-state index in [1.807, 2.05) is 42.5 Å². The Morgan fingerprint density at radius 3 is 2.24 bits per heavy atom. The molecule has 2 amide bonds. The Balaban J connectivity index is 1.34. The lowest BCUT2D eigenvalue weighted by Crippen LogP contribution is -2.50. The second-order valence-corrected chi connectivity index (χ2v) is 6.86. The average Bonchev–Trinajstić information content (AvgIpc) is 3.33. The molecule has 29 heavy (non-hydrogen) atoms. The Hall–Kier alpha value is -3.54. The number of nitrogens with zero attached hydrogens (tertiary/aromatic N) is 2. The molecule has 0 radical (unpaired) electrons. The highest BCUT2D eigenvalue weighted by Crippen LogP contribution is 2.18. The van der Waals surface area contributed by atoms with Crippen LogP contribution in [0.2, 0.25) is 0 Å². The van der Waals surface area contributed by atoms with Gasteiger partial charge in [0.15, 0.2) is 5.76 Å². The number of carbonyl (C=O) groups excluding carboxylic acids is 2. The van der Waals surface area contributed by atoms with Crippen molar-refractivity contribution in [2.45, 2.75) is 6.61 Å². The smallest absolute Gasteiger partial charge is 0.289 e. The monoisotopic (exact) mass is 390 g/mol. The van der Waals surface area contributed by atoms with E-state index in [0.717, 1.165) is 5.56 Å². The molecule has 148 valence electrons. The van der Waals surface area contributed by atoms with Gasteiger partial charge in [-0.25, -0.2) is 0 Å². The topological polar surface area (TPSA) is 63.0 Å². The highest BCUT2D eigenvalue weighted by Gasteiger charge is 2.26. The van der Waals surface area contributed by atoms with Crippen LogP contribution in [0.3, 0.4) is 0 Å². The quantitative estimate of drug-likeness (QED) is 0.669. The first-order chi connectivity index (χ1) is 14.2. The predicted molar refractivity (Wildman–Crippen MR) is 108 cm³/mol. The van der Waals surface area contributed by atoms with Gasteiger partial charge in [-0.1, -0.05) is 36.4 Å². The first-order valence-corrected chi connectivity index (χ1v) is 9.59. The Labute approximate surface area is 169 Å². The fourth-order valence-corrected chi connectivity index (χ4v) is 3.31. The van der Waals surface area contributed by atoms with Crippen molar-refractivity contribution in [2.24, 2.45) is 0 Å². The van der Waals surface area contributed by atoms with Crippen molar-refractivity contribution in [1.82, 2.24) is 9.80 Å². The van der Waals surface area contributed by atoms with Crippen molar-refractivity contribution in [3.05, 3.63) is 89.9 Å². The zero-order valence-corrected chi connectivity index (χ0v) is 16.0. The third-order valence-electron chi connectivity index (χ3n) is 4.92. The summed E-state index contributed by atoms with van der Waals surface area (Å²) in [6.07, 6.45) is 1.49. The third kappa shape index (κ3) is 4.48. The molecule has 3 aromatic rings. The minimum atomic E-state index is -0.140. The highest BCUT2D eigenvalue weighted by molar-refractivity contribution is 5.95. The van der Waals surface area contributed by atoms with Gasteiger partial charge < -0.3 is 19.0 Å². The SMILES string of the molecule is O=C(c1cccc(OCc2ccccc2)c1)N1CCN(C(=O)c2ccco2)CC1. The average molecular weight is 390 g/mol. The number of furan rings is 1. The molecule has 1 fully saturated rings. The fraction of sp³-hybridized carbons (Fsp3) is 0.217. The Morgan fingerprint density at radius 1 is 0.828 bits per heavy atom. The Bertz CT molecular complexity index is 962. The van der Waals surface area contributed by atoms with Crippen LogP contribution >= 0.6 is 0 Å². The molecule has 0 bridgehead atoms. The minimum absolute atomic E-state index is 0.0553. The molecule has 2 heterocycles. The van der Waals surface area contributed by atoms with Crippen molar-refractivity contribution in [1.29, 1.82) is 0 Å². The molecule has 1 aromatic heterocycles. The van der Waals surface area contributed by atoms with Gasteiger partial charge in [0, 0.05) is 31.7 Å². The van der Waals surface area contributed by atoms with Crippen LogP contribution in [0.25, 0.3) is 0 Å². The lowest BCUT2D eigenvalue weighted by atomic mass is 10.1. The maximum atomic E-state index is 12.9. The molecule has 0 unspecified atom stereocenters. The largest absolute Gasteiger partial charge is 0.489 e. The van der Waals surface area contributed by atoms with Gasteiger partial charge in [0.2, 0.25) is 0 Å². The summed E-state index contributed by atoms with van der Waals surface area (Å²) in [5.41, 5.74) is 1.66. The molecule has 0 aliphatic carbocycles. The van der Waals surface area contributed by atoms with Gasteiger partial charge in [-0.15, -0.1) is 0 Å². The lowest BCUT2D eigenvalue weighted by molar-refractivity contribution is 0.0518. The molecule has 6 nitrogen and oxygen atoms in total. The number of piperazine rings is 1. The van der Waals surface area contributed by atoms with E-state index >= 15 is 0 Å². The van der Waals surface area contributed by atoms with E-state index in [0.29, 0.717) is 49.9 Å². The van der Waals surface area contributed by atoms with E-state index in [9.17, 15) is 9.59 Å². The third-order valence-corrected chi connectivity index (χ3v) is 4.92. The van der Waals surface area contributed by atoms with Crippen molar-refractivity contribution in [3.63, 3.8) is 0 Å². The van der Waals surface area contributed by atoms with Gasteiger partial charge in [0.05, 0.1) is 6.26 Å². The molecular weight excluding hydrogens is 368 g/mol. The van der Waals surface area contributed by atoms with Gasteiger partial charge in [0.1, 0.15) is 12.4 Å². The molecule has 0 spiro atoms. The maximum Gasteiger partial charge on any atom is 0.289 e. The molecule has 4 rings (SSSR count). The van der Waals surface area contributed by atoms with Crippen LogP contribution in [0, 0.1) is 0 Å². The van der Waals surface area contributed by atoms with E-state index in [4.69, 9.17) is 9.15 Å². The standard InChI is InChI=1S/C23H22N2O4/c26-22(24-11-13-25(14-12-24)23(27)21-10-5-15-28-21)19-8-4-9-20(16-19)29-17-18-6-2-1-3-7-18/h1-10,15-16H,11-14,17H2. The molecule has 2 aromatic carbocycles. The Kier molecular flexibility index (Phi) is 5.61. The van der Waals surface area contributed by atoms with Crippen molar-refractivity contribution >= 4 is 11.8 Å². The van der Waals surface area contributed by atoms with Crippen molar-refractivity contribution < 1.29 is 18.7 Å². The zero-order valence-electron chi connectivity index (χ0n) is 16.0. The first kappa shape index (κ1) is 18.8. The van der Waals surface area contributed by atoms with Crippen LogP contribution in [0.1, 0.15) is 26.5 Å². The molecule has 1 aliphatic rings. The summed E-state index contributed by atoms with van der Waals surface area (Å²) in [7, 11) is 0. The van der Waals surface area contributed by atoms with Gasteiger partial charge in [-0.05, 0) is 35.9 Å². The molecule has 1 aliphatic heterocycles. The number of amides is 2. The minimum Gasteiger partial charge on any atom is -0.489 e. The number of rotatable bonds is 5. The second-order valence-electron chi connectivity index (χ2n) is 6.86. The molecule has 0 atom stereocenters. The number of carbonyl (C=O) groups is 2. The van der Waals surface area contributed by atoms with E-state index in [1.54, 1.807) is 34.1 Å². The summed E-state index contributed by atoms with van der Waals surface area (Å²) < 4.78 is 11.0. The van der Waals surface area contributed by atoms with Crippen LogP contribution in [0.15, 0.2) is 77.4 Å². The number of hydrogen-bond acceptors (Lipinski definition) is 4. The lowest BCUT2D eigenvalue weighted by Gasteiger charge is -2.34. The Morgan fingerprint density at radius 2 is 1.55 bits per heavy atom. The van der Waals surface area contributed by atoms with Gasteiger partial charge in [-0.2, -0.15) is 0 Å². The first-order valence-electron chi connectivity index (χ1n) is 9.59. The van der Waals surface area contributed by atoms with Gasteiger partial charge >= 0.3 is 0 Å². The number of ether oxygens (including phenoxy) is 1. The zero-order chi connectivity index (χ0) is 20.1. The summed E-state index contributed by atoms with van der Waals surface area (Å²) in [5.74, 6) is 0.790. The normalized spacial score (nSPS) is 13.9. The van der Waals surface area contributed by atoms with Crippen LogP contribution < -0.4 is 4.74 Å². The molecule has 1 saturated heterocycles. The van der Waals surface area contributed by atoms with E-state index < -0.39 is 0 Å². The summed E-state index contributed by atoms with van der Waals surface area (Å²) in [6.45, 7) is 2.39. The van der Waals surface area contributed by atoms with Crippen molar-refractivity contribution in [3.8, 4) is 5.75 Å². The van der Waals surface area contributed by atoms with Crippen LogP contribution in [-0.4, -0.2) is 47.8 Å². The summed E-state index contributed by atoms with van der Waals surface area (Å²) in [4.78, 5) is 28.7. The number of benzene rings is 2. The number of hydrogen-bond donors (Lipinski definition) is 0. The summed E-state index contributed by atoms with van der Waals surface area (Å²) >= 11 is 0. The van der Waals surface area contributed by atoms with E-state index in [1.165, 1.54) is 6.26 Å². The molecule has 0 saturated carbocycles. The van der Waals surface area contributed by atoms with Gasteiger partial charge in [0.25, 0.3) is 11.8 Å². The molecular formula is C23H22N2O4. The molecule has 6 heteroatoms. The summed E-state index contributed by atoms with van der Waals surface area (Å²) in [6, 6.07) is 20.5. The van der Waals surface area contributed by atoms with Crippen molar-refractivity contribution in [2.75, 3.05) is 26.2 Å². The summed E-state index contributed by atoms with van der Waals surface area (Å²) in [5, 5.41) is 0. The fourth-order valence-electron chi connectivity index (χ4n) is 3.31. The van der Waals surface area contributed by atoms with E-state index in [2.05, 4.69) is 0 Å². The van der Waals surface area contributed by atoms with Gasteiger partial charge in [-0.3, -0.25) is 9.59 Å². The van der Waals surface area contributed by atoms with Crippen LogP contribution in [-0.2, 0) is 6.61 Å². The second kappa shape index (κ2) is 8.65. The maximum absolute atomic E-state index is 12.9. The predicted octanol–water partition coefficient (Wildman–Crippen LogP) is 3.46. The van der Waals surface area contributed by atoms with Crippen LogP contribution in [0.5, 0.6) is 5.75 Å².